The van der Waals surface area contributed by atoms with E-state index in [1.165, 1.54) is 13.3 Å². The Hall–Kier alpha value is -4.65. The number of benzene rings is 4. The van der Waals surface area contributed by atoms with E-state index in [-0.39, 0.29) is 18.1 Å². The van der Waals surface area contributed by atoms with E-state index in [0.29, 0.717) is 29.2 Å². The van der Waals surface area contributed by atoms with Crippen molar-refractivity contribution in [2.75, 3.05) is 13.7 Å². The van der Waals surface area contributed by atoms with Gasteiger partial charge >= 0.3 is 5.97 Å². The normalized spacial score (nSPS) is 10.9. The fourth-order valence-corrected chi connectivity index (χ4v) is 3.75. The zero-order chi connectivity index (χ0) is 26.0. The maximum Gasteiger partial charge on any atom is 0.343 e. The lowest BCUT2D eigenvalue weighted by molar-refractivity contribution is -0.120. The molecule has 37 heavy (non-hydrogen) atoms. The predicted molar refractivity (Wildman–Crippen MR) is 144 cm³/mol. The van der Waals surface area contributed by atoms with Crippen LogP contribution in [0.15, 0.2) is 90.0 Å². The molecule has 1 N–H and O–H groups in total. The number of methoxy groups -OCH3 is 1. The number of nitrogens with one attached hydrogen (secondary N) is 1. The van der Waals surface area contributed by atoms with Gasteiger partial charge in [0, 0.05) is 0 Å². The molecule has 0 heterocycles. The van der Waals surface area contributed by atoms with E-state index >= 15 is 0 Å². The van der Waals surface area contributed by atoms with E-state index in [1.54, 1.807) is 42.5 Å². The Labute approximate surface area is 215 Å². The average Bonchev–Trinajstić information content (AvgIpc) is 2.93. The van der Waals surface area contributed by atoms with Crippen molar-refractivity contribution in [1.29, 1.82) is 0 Å². The lowest BCUT2D eigenvalue weighted by atomic mass is 10.0. The number of amides is 1. The van der Waals surface area contributed by atoms with Crippen molar-refractivity contribution < 1.29 is 23.8 Å². The summed E-state index contributed by atoms with van der Waals surface area (Å²) in [6.07, 6.45) is 2.62. The van der Waals surface area contributed by atoms with Gasteiger partial charge < -0.3 is 14.2 Å². The molecule has 4 aromatic carbocycles. The maximum absolute atomic E-state index is 12.6. The number of hydrogen-bond acceptors (Lipinski definition) is 6. The number of carbonyl (C=O) groups excluding carboxylic acids is 2. The monoisotopic (exact) mass is 496 g/mol. The predicted octanol–water partition coefficient (Wildman–Crippen LogP) is 5.55. The summed E-state index contributed by atoms with van der Waals surface area (Å²) in [5.74, 6) is 0.598. The Kier molecular flexibility index (Phi) is 8.49. The molecule has 188 valence electrons. The molecule has 0 saturated heterocycles. The van der Waals surface area contributed by atoms with Crippen LogP contribution in [0.3, 0.4) is 0 Å². The number of ether oxygens (including phenoxy) is 3. The number of nitrogens with zero attached hydrogens (tertiary/aromatic N) is 1. The van der Waals surface area contributed by atoms with E-state index in [2.05, 4.69) is 10.5 Å². The molecule has 0 saturated carbocycles. The number of rotatable bonds is 10. The van der Waals surface area contributed by atoms with Crippen molar-refractivity contribution >= 4 is 28.9 Å². The van der Waals surface area contributed by atoms with Gasteiger partial charge in [-0.3, -0.25) is 4.79 Å². The van der Waals surface area contributed by atoms with Crippen LogP contribution in [-0.4, -0.2) is 31.8 Å². The van der Waals surface area contributed by atoms with E-state index in [9.17, 15) is 9.59 Å². The Balaban J connectivity index is 1.36. The third-order valence-corrected chi connectivity index (χ3v) is 5.59. The first-order valence-electron chi connectivity index (χ1n) is 12.0. The van der Waals surface area contributed by atoms with Gasteiger partial charge in [-0.25, -0.2) is 10.2 Å². The Morgan fingerprint density at radius 2 is 1.70 bits per heavy atom. The highest BCUT2D eigenvalue weighted by Crippen LogP contribution is 2.28. The van der Waals surface area contributed by atoms with Crippen LogP contribution in [0.1, 0.15) is 34.8 Å². The van der Waals surface area contributed by atoms with Crippen molar-refractivity contribution in [3.63, 3.8) is 0 Å². The molecule has 0 bridgehead atoms. The molecule has 1 amide bonds. The molecule has 0 aromatic heterocycles. The van der Waals surface area contributed by atoms with Gasteiger partial charge in [-0.05, 0) is 70.8 Å². The highest BCUT2D eigenvalue weighted by Gasteiger charge is 2.13. The Morgan fingerprint density at radius 3 is 2.49 bits per heavy atom. The minimum atomic E-state index is -0.512. The summed E-state index contributed by atoms with van der Waals surface area (Å²) < 4.78 is 16.5. The largest absolute Gasteiger partial charge is 0.494 e. The summed E-state index contributed by atoms with van der Waals surface area (Å²) in [5, 5.41) is 6.19. The summed E-state index contributed by atoms with van der Waals surface area (Å²) in [7, 11) is 1.49. The minimum Gasteiger partial charge on any atom is -0.494 e. The second kappa shape index (κ2) is 12.4. The van der Waals surface area contributed by atoms with E-state index in [0.717, 1.165) is 22.8 Å². The van der Waals surface area contributed by atoms with Crippen LogP contribution < -0.4 is 19.6 Å². The van der Waals surface area contributed by atoms with E-state index in [1.807, 2.05) is 49.4 Å². The third-order valence-electron chi connectivity index (χ3n) is 5.59. The van der Waals surface area contributed by atoms with Crippen LogP contribution in [0.4, 0.5) is 0 Å². The molecule has 7 nitrogen and oxygen atoms in total. The van der Waals surface area contributed by atoms with Crippen LogP contribution in [-0.2, 0) is 11.2 Å². The quantitative estimate of drug-likeness (QED) is 0.135. The highest BCUT2D eigenvalue weighted by molar-refractivity contribution is 5.92. The molecule has 7 heteroatoms. The first-order chi connectivity index (χ1) is 18.1. The van der Waals surface area contributed by atoms with Crippen LogP contribution in [0.25, 0.3) is 10.8 Å². The number of hydrazone groups is 1. The number of fused-ring (bicyclic) bond motifs is 1. The van der Waals surface area contributed by atoms with Gasteiger partial charge in [0.2, 0.25) is 5.91 Å². The molecule has 0 aliphatic rings. The summed E-state index contributed by atoms with van der Waals surface area (Å²) >= 11 is 0. The van der Waals surface area contributed by atoms with Gasteiger partial charge in [0.15, 0.2) is 11.5 Å². The molecule has 4 aromatic rings. The van der Waals surface area contributed by atoms with E-state index in [4.69, 9.17) is 14.2 Å². The summed E-state index contributed by atoms with van der Waals surface area (Å²) in [4.78, 5) is 25.0. The number of carbonyl (C=O) groups is 2. The van der Waals surface area contributed by atoms with Gasteiger partial charge in [-0.1, -0.05) is 49.4 Å². The molecule has 0 aliphatic heterocycles. The first kappa shape index (κ1) is 25.4. The third kappa shape index (κ3) is 6.73. The molecule has 0 fully saturated rings. The first-order valence-corrected chi connectivity index (χ1v) is 12.0. The Morgan fingerprint density at radius 1 is 0.919 bits per heavy atom. The number of esters is 1. The van der Waals surface area contributed by atoms with Crippen molar-refractivity contribution in [3.8, 4) is 17.2 Å². The molecular weight excluding hydrogens is 468 g/mol. The van der Waals surface area contributed by atoms with Crippen LogP contribution in [0.5, 0.6) is 17.2 Å². The average molecular weight is 497 g/mol. The summed E-state index contributed by atoms with van der Waals surface area (Å²) in [6, 6.07) is 25.6. The molecular formula is C30H28N2O5. The SMILES string of the molecule is CCCOc1ccc(C(=O)Oc2ccc(/C=N/NC(=O)Cc3cccc4ccccc34)cc2OC)cc1. The molecule has 4 rings (SSSR count). The standard InChI is InChI=1S/C30H28N2O5/c1-3-17-36-25-14-12-23(13-15-25)30(34)37-27-16-11-21(18-28(27)35-2)20-31-32-29(33)19-24-9-6-8-22-7-4-5-10-26(22)24/h4-16,18,20H,3,17,19H2,1-2H3,(H,32,33)/b31-20+. The van der Waals surface area contributed by atoms with Crippen LogP contribution in [0.2, 0.25) is 0 Å². The molecule has 0 unspecified atom stereocenters. The van der Waals surface area contributed by atoms with Crippen LogP contribution in [0, 0.1) is 0 Å². The zero-order valence-electron chi connectivity index (χ0n) is 20.8. The second-order valence-electron chi connectivity index (χ2n) is 8.28. The number of hydrogen-bond donors (Lipinski definition) is 1. The molecule has 0 aliphatic carbocycles. The topological polar surface area (TPSA) is 86.2 Å². The minimum absolute atomic E-state index is 0.211. The fraction of sp³-hybridized carbons (Fsp3) is 0.167. The van der Waals surface area contributed by atoms with E-state index < -0.39 is 5.97 Å². The fourth-order valence-electron chi connectivity index (χ4n) is 3.75. The van der Waals surface area contributed by atoms with Gasteiger partial charge in [0.25, 0.3) is 0 Å². The molecule has 0 radical (unpaired) electrons. The molecule has 0 spiro atoms. The summed E-state index contributed by atoms with van der Waals surface area (Å²) in [5.41, 5.74) is 4.55. The summed E-state index contributed by atoms with van der Waals surface area (Å²) in [6.45, 7) is 2.64. The van der Waals surface area contributed by atoms with Gasteiger partial charge in [-0.15, -0.1) is 0 Å². The van der Waals surface area contributed by atoms with Crippen molar-refractivity contribution in [2.24, 2.45) is 5.10 Å². The molecule has 0 atom stereocenters. The van der Waals surface area contributed by atoms with Crippen LogP contribution >= 0.6 is 0 Å². The van der Waals surface area contributed by atoms with Gasteiger partial charge in [0.1, 0.15) is 5.75 Å². The van der Waals surface area contributed by atoms with Crippen molar-refractivity contribution in [2.45, 2.75) is 19.8 Å². The van der Waals surface area contributed by atoms with Gasteiger partial charge in [-0.2, -0.15) is 5.10 Å². The zero-order valence-corrected chi connectivity index (χ0v) is 20.8. The maximum atomic E-state index is 12.6. The Bertz CT molecular complexity index is 1410. The second-order valence-corrected chi connectivity index (χ2v) is 8.28. The van der Waals surface area contributed by atoms with Crippen molar-refractivity contribution in [3.05, 3.63) is 102 Å². The highest BCUT2D eigenvalue weighted by atomic mass is 16.6. The van der Waals surface area contributed by atoms with Crippen molar-refractivity contribution in [1.82, 2.24) is 5.43 Å². The van der Waals surface area contributed by atoms with Gasteiger partial charge in [0.05, 0.1) is 31.9 Å². The smallest absolute Gasteiger partial charge is 0.343 e. The lowest BCUT2D eigenvalue weighted by Gasteiger charge is -2.10. The lowest BCUT2D eigenvalue weighted by Crippen LogP contribution is -2.19.